The van der Waals surface area contributed by atoms with Crippen LogP contribution in [0.2, 0.25) is 0 Å². The van der Waals surface area contributed by atoms with Crippen LogP contribution in [0.4, 0.5) is 23.1 Å². The molecule has 168 valence electrons. The Morgan fingerprint density at radius 1 is 1.18 bits per heavy atom. The van der Waals surface area contributed by atoms with E-state index >= 15 is 0 Å². The molecule has 2 aromatic carbocycles. The number of carbonyl (C=O) groups excluding carboxylic acids is 1. The van der Waals surface area contributed by atoms with Crippen molar-refractivity contribution in [2.45, 2.75) is 31.4 Å². The molecule has 0 aliphatic carbocycles. The third kappa shape index (κ3) is 6.53. The predicted octanol–water partition coefficient (Wildman–Crippen LogP) is 2.11. The van der Waals surface area contributed by atoms with E-state index in [1.165, 1.54) is 0 Å². The van der Waals surface area contributed by atoms with Crippen LogP contribution < -0.4 is 27.1 Å². The molecule has 1 fully saturated rings. The van der Waals surface area contributed by atoms with Crippen molar-refractivity contribution >= 4 is 42.4 Å². The number of hydrogen-bond donors (Lipinski definition) is 4. The van der Waals surface area contributed by atoms with Gasteiger partial charge < -0.3 is 26.4 Å². The lowest BCUT2D eigenvalue weighted by atomic mass is 9.99. The number of aromatic nitrogens is 2. The van der Waals surface area contributed by atoms with E-state index in [0.29, 0.717) is 35.9 Å². The summed E-state index contributed by atoms with van der Waals surface area (Å²) in [4.78, 5) is 21.3. The van der Waals surface area contributed by atoms with Crippen molar-refractivity contribution in [2.75, 3.05) is 29.1 Å². The average molecular weight is 442 g/mol. The molecule has 0 spiro atoms. The molecule has 1 saturated heterocycles. The maximum absolute atomic E-state index is 12.5. The first-order chi connectivity index (χ1) is 16.1. The van der Waals surface area contributed by atoms with Gasteiger partial charge in [0.1, 0.15) is 13.7 Å². The van der Waals surface area contributed by atoms with Crippen LogP contribution in [-0.2, 0) is 16.0 Å². The van der Waals surface area contributed by atoms with Crippen LogP contribution in [0.25, 0.3) is 0 Å². The minimum Gasteiger partial charge on any atom is -0.376 e. The largest absolute Gasteiger partial charge is 0.376 e. The zero-order chi connectivity index (χ0) is 23.0. The number of anilines is 4. The Bertz CT molecular complexity index is 1080. The number of nitrogens with two attached hydrogens (primary N) is 1. The molecule has 5 N–H and O–H groups in total. The number of hydrogen-bond acceptors (Lipinski definition) is 7. The molecule has 1 aromatic heterocycles. The summed E-state index contributed by atoms with van der Waals surface area (Å²) >= 11 is 0. The number of rotatable bonds is 9. The molecule has 9 heteroatoms. The third-order valence-electron chi connectivity index (χ3n) is 5.36. The molecule has 0 bridgehead atoms. The van der Waals surface area contributed by atoms with Gasteiger partial charge in [-0.25, -0.2) is 4.98 Å². The summed E-state index contributed by atoms with van der Waals surface area (Å²) in [5.74, 6) is 0.697. The van der Waals surface area contributed by atoms with Crippen molar-refractivity contribution in [3.8, 4) is 0 Å². The van der Waals surface area contributed by atoms with E-state index in [-0.39, 0.29) is 12.0 Å². The van der Waals surface area contributed by atoms with Crippen molar-refractivity contribution in [3.05, 3.63) is 66.4 Å². The Balaban J connectivity index is 1.36. The number of benzene rings is 2. The fourth-order valence-electron chi connectivity index (χ4n) is 3.61. The van der Waals surface area contributed by atoms with Gasteiger partial charge in [0.05, 0.1) is 12.1 Å². The average Bonchev–Trinajstić information content (AvgIpc) is 3.34. The Morgan fingerprint density at radius 3 is 2.79 bits per heavy atom. The van der Waals surface area contributed by atoms with Crippen molar-refractivity contribution in [1.29, 1.82) is 0 Å². The summed E-state index contributed by atoms with van der Waals surface area (Å²) < 4.78 is 5.63. The van der Waals surface area contributed by atoms with Gasteiger partial charge in [-0.05, 0) is 48.5 Å². The minimum absolute atomic E-state index is 0.171. The fraction of sp³-hybridized carbons (Fsp3) is 0.292. The minimum atomic E-state index is -0.651. The predicted molar refractivity (Wildman–Crippen MR) is 131 cm³/mol. The SMILES string of the molecule is [B]c1cnc(Nc2cccc(NC(=O)C(N)Cc3ccccc3)c2)nc1NCC1CCCO1. The second kappa shape index (κ2) is 10.9. The topological polar surface area (TPSA) is 114 Å². The van der Waals surface area contributed by atoms with Crippen LogP contribution in [0.1, 0.15) is 18.4 Å². The van der Waals surface area contributed by atoms with Crippen LogP contribution in [0.5, 0.6) is 0 Å². The monoisotopic (exact) mass is 442 g/mol. The normalized spacial score (nSPS) is 16.2. The molecule has 0 saturated carbocycles. The zero-order valence-electron chi connectivity index (χ0n) is 18.3. The standard InChI is InChI=1S/C24H27BN6O2/c25-20-15-28-24(31-22(20)27-14-19-10-5-11-33-19)30-18-9-4-8-17(13-18)29-23(32)21(26)12-16-6-2-1-3-7-16/h1-4,6-9,13,15,19,21H,5,10-12,14,26H2,(H,29,32)(H2,27,28,30,31). The lowest BCUT2D eigenvalue weighted by Gasteiger charge is -2.15. The van der Waals surface area contributed by atoms with Gasteiger partial charge in [-0.3, -0.25) is 4.79 Å². The molecule has 2 atom stereocenters. The van der Waals surface area contributed by atoms with E-state index < -0.39 is 6.04 Å². The molecule has 1 aliphatic rings. The highest BCUT2D eigenvalue weighted by molar-refractivity contribution is 6.35. The van der Waals surface area contributed by atoms with Crippen molar-refractivity contribution in [2.24, 2.45) is 5.73 Å². The summed E-state index contributed by atoms with van der Waals surface area (Å²) in [6, 6.07) is 16.3. The molecule has 4 rings (SSSR count). The van der Waals surface area contributed by atoms with E-state index in [2.05, 4.69) is 25.9 Å². The lowest BCUT2D eigenvalue weighted by Crippen LogP contribution is -2.37. The molecule has 33 heavy (non-hydrogen) atoms. The number of carbonyl (C=O) groups is 1. The van der Waals surface area contributed by atoms with Crippen LogP contribution >= 0.6 is 0 Å². The summed E-state index contributed by atoms with van der Waals surface area (Å²) in [6.07, 6.45) is 4.29. The van der Waals surface area contributed by atoms with Gasteiger partial charge in [0.2, 0.25) is 11.9 Å². The van der Waals surface area contributed by atoms with Crippen molar-refractivity contribution < 1.29 is 9.53 Å². The number of ether oxygens (including phenoxy) is 1. The van der Waals surface area contributed by atoms with Gasteiger partial charge in [0, 0.05) is 30.7 Å². The second-order valence-electron chi connectivity index (χ2n) is 8.00. The Labute approximate surface area is 194 Å². The highest BCUT2D eigenvalue weighted by atomic mass is 16.5. The Kier molecular flexibility index (Phi) is 7.54. The number of amides is 1. The van der Waals surface area contributed by atoms with Gasteiger partial charge in [-0.15, -0.1) is 0 Å². The molecule has 3 aromatic rings. The lowest BCUT2D eigenvalue weighted by molar-refractivity contribution is -0.117. The van der Waals surface area contributed by atoms with Gasteiger partial charge >= 0.3 is 0 Å². The smallest absolute Gasteiger partial charge is 0.241 e. The zero-order valence-corrected chi connectivity index (χ0v) is 18.3. The molecule has 2 heterocycles. The molecule has 1 aliphatic heterocycles. The van der Waals surface area contributed by atoms with Crippen molar-refractivity contribution in [3.63, 3.8) is 0 Å². The first kappa shape index (κ1) is 22.8. The van der Waals surface area contributed by atoms with Crippen LogP contribution in [0, 0.1) is 0 Å². The summed E-state index contributed by atoms with van der Waals surface area (Å²) in [7, 11) is 6.01. The molecular formula is C24H27BN6O2. The summed E-state index contributed by atoms with van der Waals surface area (Å²) in [6.45, 7) is 1.44. The highest BCUT2D eigenvalue weighted by Gasteiger charge is 2.16. The molecule has 2 unspecified atom stereocenters. The van der Waals surface area contributed by atoms with E-state index in [1.54, 1.807) is 18.3 Å². The van der Waals surface area contributed by atoms with Crippen LogP contribution in [0.15, 0.2) is 60.8 Å². The second-order valence-corrected chi connectivity index (χ2v) is 8.00. The van der Waals surface area contributed by atoms with E-state index in [9.17, 15) is 4.79 Å². The maximum Gasteiger partial charge on any atom is 0.241 e. The third-order valence-corrected chi connectivity index (χ3v) is 5.36. The van der Waals surface area contributed by atoms with Crippen LogP contribution in [-0.4, -0.2) is 49.0 Å². The van der Waals surface area contributed by atoms with E-state index in [1.807, 2.05) is 42.5 Å². The number of nitrogens with zero attached hydrogens (tertiary/aromatic N) is 2. The quantitative estimate of drug-likeness (QED) is 0.376. The first-order valence-electron chi connectivity index (χ1n) is 11.0. The van der Waals surface area contributed by atoms with Crippen molar-refractivity contribution in [1.82, 2.24) is 9.97 Å². The fourth-order valence-corrected chi connectivity index (χ4v) is 3.61. The van der Waals surface area contributed by atoms with Crippen LogP contribution in [0.3, 0.4) is 0 Å². The molecular weight excluding hydrogens is 415 g/mol. The van der Waals surface area contributed by atoms with E-state index in [0.717, 1.165) is 30.7 Å². The Hall–Kier alpha value is -3.43. The molecule has 2 radical (unpaired) electrons. The van der Waals surface area contributed by atoms with Gasteiger partial charge in [0.15, 0.2) is 0 Å². The van der Waals surface area contributed by atoms with Gasteiger partial charge in [-0.1, -0.05) is 36.4 Å². The highest BCUT2D eigenvalue weighted by Crippen LogP contribution is 2.19. The summed E-state index contributed by atoms with van der Waals surface area (Å²) in [5, 5.41) is 9.26. The van der Waals surface area contributed by atoms with Gasteiger partial charge in [-0.2, -0.15) is 4.98 Å². The molecule has 1 amide bonds. The van der Waals surface area contributed by atoms with Gasteiger partial charge in [0.25, 0.3) is 0 Å². The summed E-state index contributed by atoms with van der Waals surface area (Å²) in [5.41, 5.74) is 8.91. The number of nitrogens with one attached hydrogen (secondary N) is 3. The first-order valence-corrected chi connectivity index (χ1v) is 11.0. The molecule has 8 nitrogen and oxygen atoms in total. The maximum atomic E-state index is 12.5. The van der Waals surface area contributed by atoms with E-state index in [4.69, 9.17) is 18.3 Å². The Morgan fingerprint density at radius 2 is 2.00 bits per heavy atom.